The summed E-state index contributed by atoms with van der Waals surface area (Å²) in [5.74, 6) is 0.546. The Morgan fingerprint density at radius 2 is 2.12 bits per heavy atom. The lowest BCUT2D eigenvalue weighted by atomic mass is 10.0. The van der Waals surface area contributed by atoms with E-state index in [1.807, 2.05) is 45.0 Å². The number of hydrogen-bond acceptors (Lipinski definition) is 6. The number of carbonyl (C=O) groups excluding carboxylic acids is 1. The fourth-order valence-corrected chi connectivity index (χ4v) is 4.14. The smallest absolute Gasteiger partial charge is 0.277 e. The van der Waals surface area contributed by atoms with Crippen LogP contribution in [-0.4, -0.2) is 27.4 Å². The molecule has 0 saturated heterocycles. The van der Waals surface area contributed by atoms with Gasteiger partial charge >= 0.3 is 0 Å². The number of aromatic nitrogens is 2. The number of nitrogens with one attached hydrogen (secondary N) is 1. The lowest BCUT2D eigenvalue weighted by Crippen LogP contribution is -2.43. The van der Waals surface area contributed by atoms with Gasteiger partial charge in [0.05, 0.1) is 10.8 Å². The average Bonchev–Trinajstić information content (AvgIpc) is 3.18. The molecule has 1 amide bonds. The molecule has 0 radical (unpaired) electrons. The number of rotatable bonds is 6. The van der Waals surface area contributed by atoms with E-state index in [0.717, 1.165) is 21.4 Å². The highest BCUT2D eigenvalue weighted by Gasteiger charge is 2.20. The van der Waals surface area contributed by atoms with Gasteiger partial charge in [0.15, 0.2) is 0 Å². The Hall–Kier alpha value is -1.57. The fourth-order valence-electron chi connectivity index (χ4n) is 2.14. The lowest BCUT2D eigenvalue weighted by molar-refractivity contribution is -0.120. The molecule has 0 saturated carbocycles. The molecular formula is C17H18ClN3O2S2. The highest BCUT2D eigenvalue weighted by molar-refractivity contribution is 7.99. The Kier molecular flexibility index (Phi) is 5.36. The van der Waals surface area contributed by atoms with Crippen LogP contribution in [0.3, 0.4) is 0 Å². The molecule has 0 fully saturated rings. The minimum absolute atomic E-state index is 0.0588. The summed E-state index contributed by atoms with van der Waals surface area (Å²) < 4.78 is 6.74. The predicted octanol–water partition coefficient (Wildman–Crippen LogP) is 5.00. The summed E-state index contributed by atoms with van der Waals surface area (Å²) in [5.41, 5.74) is -0.220. The van der Waals surface area contributed by atoms with Crippen molar-refractivity contribution in [3.63, 3.8) is 0 Å². The first-order valence-corrected chi connectivity index (χ1v) is 10.0. The van der Waals surface area contributed by atoms with E-state index in [2.05, 4.69) is 15.5 Å². The van der Waals surface area contributed by atoms with Gasteiger partial charge in [-0.15, -0.1) is 21.5 Å². The molecule has 0 spiro atoms. The Bertz CT molecular complexity index is 904. The first kappa shape index (κ1) is 18.2. The molecule has 2 heterocycles. The van der Waals surface area contributed by atoms with Gasteiger partial charge in [-0.05, 0) is 26.3 Å². The minimum Gasteiger partial charge on any atom is -0.410 e. The highest BCUT2D eigenvalue weighted by Crippen LogP contribution is 2.41. The summed E-state index contributed by atoms with van der Waals surface area (Å²) in [6, 6.07) is 7.87. The molecule has 1 aromatic carbocycles. The van der Waals surface area contributed by atoms with Crippen LogP contribution in [0.1, 0.15) is 27.2 Å². The first-order chi connectivity index (χ1) is 11.9. The lowest BCUT2D eigenvalue weighted by Gasteiger charge is -2.24. The van der Waals surface area contributed by atoms with Crippen molar-refractivity contribution in [3.8, 4) is 10.8 Å². The van der Waals surface area contributed by atoms with Crippen LogP contribution in [0.15, 0.2) is 33.9 Å². The van der Waals surface area contributed by atoms with Crippen LogP contribution in [0.2, 0.25) is 5.02 Å². The van der Waals surface area contributed by atoms with Crippen molar-refractivity contribution < 1.29 is 9.21 Å². The van der Waals surface area contributed by atoms with E-state index in [4.69, 9.17) is 16.0 Å². The molecular weight excluding hydrogens is 378 g/mol. The number of amides is 1. The van der Waals surface area contributed by atoms with Crippen LogP contribution in [0, 0.1) is 0 Å². The van der Waals surface area contributed by atoms with E-state index in [0.29, 0.717) is 16.1 Å². The number of nitrogens with zero attached hydrogens (tertiary/aromatic N) is 2. The second kappa shape index (κ2) is 7.35. The number of carbonyl (C=O) groups is 1. The molecule has 25 heavy (non-hydrogen) atoms. The second-order valence-corrected chi connectivity index (χ2v) is 8.55. The van der Waals surface area contributed by atoms with Crippen molar-refractivity contribution in [1.82, 2.24) is 15.5 Å². The minimum atomic E-state index is -0.220. The standard InChI is InChI=1S/C17H18ClN3O2S2/c1-4-17(2,3)19-12(22)9-24-16-21-20-15(23-16)14-13(18)10-7-5-6-8-11(10)25-14/h5-8H,4,9H2,1-3H3,(H,19,22). The topological polar surface area (TPSA) is 68.0 Å². The molecule has 0 unspecified atom stereocenters. The van der Waals surface area contributed by atoms with Crippen LogP contribution in [0.25, 0.3) is 20.9 Å². The zero-order valence-electron chi connectivity index (χ0n) is 14.1. The van der Waals surface area contributed by atoms with Gasteiger partial charge in [-0.3, -0.25) is 4.79 Å². The third-order valence-corrected chi connectivity index (χ3v) is 6.31. The van der Waals surface area contributed by atoms with Crippen LogP contribution in [0.4, 0.5) is 0 Å². The molecule has 1 N–H and O–H groups in total. The summed E-state index contributed by atoms with van der Waals surface area (Å²) in [5, 5.41) is 13.0. The fraction of sp³-hybridized carbons (Fsp3) is 0.353. The maximum atomic E-state index is 12.0. The van der Waals surface area contributed by atoms with Gasteiger partial charge < -0.3 is 9.73 Å². The molecule has 5 nitrogen and oxygen atoms in total. The number of hydrogen-bond donors (Lipinski definition) is 1. The van der Waals surface area contributed by atoms with Crippen molar-refractivity contribution >= 4 is 50.7 Å². The molecule has 132 valence electrons. The Balaban J connectivity index is 1.70. The van der Waals surface area contributed by atoms with Crippen LogP contribution >= 0.6 is 34.7 Å². The average molecular weight is 396 g/mol. The van der Waals surface area contributed by atoms with Crippen molar-refractivity contribution in [2.45, 2.75) is 38.0 Å². The SMILES string of the molecule is CCC(C)(C)NC(=O)CSc1nnc(-c2sc3ccccc3c2Cl)o1. The summed E-state index contributed by atoms with van der Waals surface area (Å²) in [6.45, 7) is 6.01. The van der Waals surface area contributed by atoms with E-state index in [1.54, 1.807) is 0 Å². The third-order valence-electron chi connectivity index (χ3n) is 3.82. The van der Waals surface area contributed by atoms with Crippen LogP contribution < -0.4 is 5.32 Å². The Morgan fingerprint density at radius 3 is 2.84 bits per heavy atom. The molecule has 2 aromatic heterocycles. The van der Waals surface area contributed by atoms with Crippen LogP contribution in [0.5, 0.6) is 0 Å². The van der Waals surface area contributed by atoms with Gasteiger partial charge in [-0.2, -0.15) is 0 Å². The highest BCUT2D eigenvalue weighted by atomic mass is 35.5. The van der Waals surface area contributed by atoms with Gasteiger partial charge in [0.25, 0.3) is 11.1 Å². The monoisotopic (exact) mass is 395 g/mol. The molecule has 8 heteroatoms. The van der Waals surface area contributed by atoms with Gasteiger partial charge in [0.2, 0.25) is 5.91 Å². The molecule has 0 bridgehead atoms. The molecule has 3 rings (SSSR count). The molecule has 0 aliphatic heterocycles. The second-order valence-electron chi connectivity index (χ2n) is 6.19. The van der Waals surface area contributed by atoms with Gasteiger partial charge in [-0.25, -0.2) is 0 Å². The van der Waals surface area contributed by atoms with Crippen molar-refractivity contribution in [1.29, 1.82) is 0 Å². The Morgan fingerprint density at radius 1 is 1.36 bits per heavy atom. The van der Waals surface area contributed by atoms with E-state index in [1.165, 1.54) is 23.1 Å². The molecule has 0 aliphatic carbocycles. The first-order valence-electron chi connectivity index (χ1n) is 7.84. The Labute approximate surface area is 159 Å². The maximum Gasteiger partial charge on any atom is 0.277 e. The van der Waals surface area contributed by atoms with E-state index in [-0.39, 0.29) is 17.2 Å². The number of benzene rings is 1. The zero-order chi connectivity index (χ0) is 18.0. The van der Waals surface area contributed by atoms with E-state index in [9.17, 15) is 4.79 Å². The molecule has 3 aromatic rings. The largest absolute Gasteiger partial charge is 0.410 e. The summed E-state index contributed by atoms with van der Waals surface area (Å²) in [6.07, 6.45) is 0.860. The number of halogens is 1. The normalized spacial score (nSPS) is 11.8. The number of fused-ring (bicyclic) bond motifs is 1. The van der Waals surface area contributed by atoms with E-state index < -0.39 is 0 Å². The van der Waals surface area contributed by atoms with Crippen molar-refractivity contribution in [2.24, 2.45) is 0 Å². The maximum absolute atomic E-state index is 12.0. The van der Waals surface area contributed by atoms with Crippen LogP contribution in [-0.2, 0) is 4.79 Å². The quantitative estimate of drug-likeness (QED) is 0.594. The molecule has 0 atom stereocenters. The van der Waals surface area contributed by atoms with E-state index >= 15 is 0 Å². The summed E-state index contributed by atoms with van der Waals surface area (Å²) in [7, 11) is 0. The third kappa shape index (κ3) is 4.16. The van der Waals surface area contributed by atoms with Crippen molar-refractivity contribution in [3.05, 3.63) is 29.3 Å². The van der Waals surface area contributed by atoms with Crippen molar-refractivity contribution in [2.75, 3.05) is 5.75 Å². The predicted molar refractivity (Wildman–Crippen MR) is 103 cm³/mol. The number of thioether (sulfide) groups is 1. The summed E-state index contributed by atoms with van der Waals surface area (Å²) in [4.78, 5) is 12.7. The number of thiophene rings is 1. The van der Waals surface area contributed by atoms with Gasteiger partial charge in [0, 0.05) is 15.6 Å². The van der Waals surface area contributed by atoms with Gasteiger partial charge in [-0.1, -0.05) is 48.5 Å². The molecule has 0 aliphatic rings. The van der Waals surface area contributed by atoms with Gasteiger partial charge in [0.1, 0.15) is 4.88 Å². The zero-order valence-corrected chi connectivity index (χ0v) is 16.5. The summed E-state index contributed by atoms with van der Waals surface area (Å²) >= 11 is 9.15.